The van der Waals surface area contributed by atoms with E-state index in [4.69, 9.17) is 19.5 Å². The van der Waals surface area contributed by atoms with E-state index >= 15 is 0 Å². The summed E-state index contributed by atoms with van der Waals surface area (Å²) in [5, 5.41) is 14.6. The molecule has 0 aliphatic heterocycles. The molecule has 3 aromatic carbocycles. The molecular weight excluding hydrogens is 439 g/mol. The van der Waals surface area contributed by atoms with Gasteiger partial charge in [0.15, 0.2) is 11.5 Å². The number of rotatable bonds is 6. The van der Waals surface area contributed by atoms with Crippen molar-refractivity contribution in [1.82, 2.24) is 4.98 Å². The maximum Gasteiger partial charge on any atom is 0.323 e. The van der Waals surface area contributed by atoms with Crippen LogP contribution in [0.2, 0.25) is 0 Å². The van der Waals surface area contributed by atoms with Crippen molar-refractivity contribution >= 4 is 28.3 Å². The molecule has 4 rings (SSSR count). The summed E-state index contributed by atoms with van der Waals surface area (Å²) < 4.78 is 31.2. The van der Waals surface area contributed by atoms with E-state index in [0.29, 0.717) is 39.4 Å². The summed E-state index contributed by atoms with van der Waals surface area (Å²) in [6, 6.07) is 16.9. The third-order valence-electron chi connectivity index (χ3n) is 4.87. The molecule has 1 heterocycles. The minimum absolute atomic E-state index is 0.0349. The first-order valence-corrected chi connectivity index (χ1v) is 10.1. The average Bonchev–Trinajstić information content (AvgIpc) is 2.85. The van der Waals surface area contributed by atoms with E-state index in [9.17, 15) is 9.18 Å². The monoisotopic (exact) mass is 458 g/mol. The van der Waals surface area contributed by atoms with Crippen molar-refractivity contribution in [2.24, 2.45) is 0 Å². The Labute approximate surface area is 194 Å². The number of hydrogen-bond acceptors (Lipinski definition) is 6. The van der Waals surface area contributed by atoms with Crippen LogP contribution >= 0.6 is 0 Å². The molecule has 34 heavy (non-hydrogen) atoms. The largest absolute Gasteiger partial charge is 0.493 e. The molecule has 0 radical (unpaired) electrons. The average molecular weight is 458 g/mol. The number of fused-ring (bicyclic) bond motifs is 1. The molecule has 0 spiro atoms. The Morgan fingerprint density at radius 2 is 1.76 bits per heavy atom. The van der Waals surface area contributed by atoms with Gasteiger partial charge in [0.2, 0.25) is 0 Å². The van der Waals surface area contributed by atoms with Gasteiger partial charge in [-0.25, -0.2) is 9.18 Å². The quantitative estimate of drug-likeness (QED) is 0.384. The van der Waals surface area contributed by atoms with Crippen LogP contribution in [-0.2, 0) is 0 Å². The van der Waals surface area contributed by atoms with Crippen molar-refractivity contribution in [3.05, 3.63) is 78.2 Å². The second-order valence-electron chi connectivity index (χ2n) is 7.05. The number of benzene rings is 3. The molecule has 9 heteroatoms. The van der Waals surface area contributed by atoms with Crippen LogP contribution in [0.25, 0.3) is 10.9 Å². The highest BCUT2D eigenvalue weighted by molar-refractivity contribution is 6.00. The van der Waals surface area contributed by atoms with Gasteiger partial charge >= 0.3 is 6.03 Å². The zero-order valence-electron chi connectivity index (χ0n) is 18.3. The van der Waals surface area contributed by atoms with Crippen LogP contribution in [0.5, 0.6) is 23.0 Å². The smallest absolute Gasteiger partial charge is 0.323 e. The topological polar surface area (TPSA) is 106 Å². The van der Waals surface area contributed by atoms with E-state index in [0.717, 1.165) is 0 Å². The number of carbonyl (C=O) groups excluding carboxylic acids is 1. The van der Waals surface area contributed by atoms with E-state index in [2.05, 4.69) is 15.6 Å². The Hall–Kier alpha value is -4.84. The van der Waals surface area contributed by atoms with Gasteiger partial charge in [-0.15, -0.1) is 0 Å². The summed E-state index contributed by atoms with van der Waals surface area (Å²) in [5.74, 6) is 1.02. The van der Waals surface area contributed by atoms with Crippen LogP contribution in [0.1, 0.15) is 5.56 Å². The highest BCUT2D eigenvalue weighted by Gasteiger charge is 2.13. The molecular formula is C25H19FN4O4. The van der Waals surface area contributed by atoms with E-state index in [1.807, 2.05) is 6.07 Å². The van der Waals surface area contributed by atoms with Gasteiger partial charge in [0.25, 0.3) is 0 Å². The Bertz CT molecular complexity index is 1420. The van der Waals surface area contributed by atoms with E-state index < -0.39 is 11.8 Å². The summed E-state index contributed by atoms with van der Waals surface area (Å²) in [6.07, 6.45) is 1.57. The fourth-order valence-corrected chi connectivity index (χ4v) is 3.28. The van der Waals surface area contributed by atoms with Gasteiger partial charge in [0, 0.05) is 29.4 Å². The summed E-state index contributed by atoms with van der Waals surface area (Å²) in [4.78, 5) is 16.6. The maximum absolute atomic E-state index is 14.7. The first-order valence-electron chi connectivity index (χ1n) is 10.1. The molecule has 0 bridgehead atoms. The van der Waals surface area contributed by atoms with Crippen LogP contribution in [-0.4, -0.2) is 25.2 Å². The van der Waals surface area contributed by atoms with Gasteiger partial charge < -0.3 is 24.8 Å². The number of pyridine rings is 1. The van der Waals surface area contributed by atoms with Crippen molar-refractivity contribution in [3.8, 4) is 29.1 Å². The predicted molar refractivity (Wildman–Crippen MR) is 125 cm³/mol. The van der Waals surface area contributed by atoms with Crippen molar-refractivity contribution < 1.29 is 23.4 Å². The first kappa shape index (κ1) is 22.4. The molecule has 0 aliphatic rings. The number of hydrogen-bond donors (Lipinski definition) is 2. The lowest BCUT2D eigenvalue weighted by molar-refractivity contribution is 0.262. The van der Waals surface area contributed by atoms with Gasteiger partial charge in [0.1, 0.15) is 17.3 Å². The normalized spacial score (nSPS) is 10.3. The minimum atomic E-state index is -0.684. The molecule has 170 valence electrons. The van der Waals surface area contributed by atoms with Crippen molar-refractivity contribution in [3.63, 3.8) is 0 Å². The Morgan fingerprint density at radius 3 is 2.50 bits per heavy atom. The number of ether oxygens (including phenoxy) is 3. The molecule has 0 atom stereocenters. The van der Waals surface area contributed by atoms with E-state index in [-0.39, 0.29) is 11.4 Å². The van der Waals surface area contributed by atoms with Gasteiger partial charge in [-0.05, 0) is 42.5 Å². The number of carbonyl (C=O) groups is 1. The van der Waals surface area contributed by atoms with Gasteiger partial charge in [0.05, 0.1) is 37.1 Å². The van der Waals surface area contributed by atoms with Crippen molar-refractivity contribution in [1.29, 1.82) is 5.26 Å². The maximum atomic E-state index is 14.7. The number of nitrogens with one attached hydrogen (secondary N) is 2. The number of urea groups is 1. The Morgan fingerprint density at radius 1 is 0.971 bits per heavy atom. The molecule has 0 saturated heterocycles. The van der Waals surface area contributed by atoms with Crippen LogP contribution in [0.3, 0.4) is 0 Å². The van der Waals surface area contributed by atoms with Crippen LogP contribution in [0.4, 0.5) is 20.6 Å². The first-order chi connectivity index (χ1) is 16.5. The summed E-state index contributed by atoms with van der Waals surface area (Å²) in [7, 11) is 3.06. The number of methoxy groups -OCH3 is 2. The third-order valence-corrected chi connectivity index (χ3v) is 4.87. The molecule has 0 unspecified atom stereocenters. The molecule has 0 fully saturated rings. The lowest BCUT2D eigenvalue weighted by atomic mass is 10.2. The van der Waals surface area contributed by atoms with Gasteiger partial charge in [-0.1, -0.05) is 6.07 Å². The number of nitriles is 1. The highest BCUT2D eigenvalue weighted by atomic mass is 19.1. The number of aromatic nitrogens is 1. The fraction of sp³-hybridized carbons (Fsp3) is 0.0800. The van der Waals surface area contributed by atoms with Crippen molar-refractivity contribution in [2.75, 3.05) is 24.9 Å². The molecule has 0 aliphatic carbocycles. The van der Waals surface area contributed by atoms with E-state index in [1.54, 1.807) is 42.6 Å². The summed E-state index contributed by atoms with van der Waals surface area (Å²) in [5.41, 5.74) is 1.39. The molecule has 8 nitrogen and oxygen atoms in total. The molecule has 4 aromatic rings. The van der Waals surface area contributed by atoms with E-state index in [1.165, 1.54) is 38.5 Å². The zero-order chi connectivity index (χ0) is 24.1. The van der Waals surface area contributed by atoms with Gasteiger partial charge in [-0.2, -0.15) is 5.26 Å². The Balaban J connectivity index is 1.52. The number of amides is 2. The Kier molecular flexibility index (Phi) is 6.41. The molecule has 1 aromatic heterocycles. The molecule has 0 saturated carbocycles. The fourth-order valence-electron chi connectivity index (χ4n) is 3.28. The number of nitrogens with zero attached hydrogens (tertiary/aromatic N) is 2. The number of anilines is 2. The van der Waals surface area contributed by atoms with Crippen molar-refractivity contribution in [2.45, 2.75) is 0 Å². The SMILES string of the molecule is COc1cc2nccc(Oc3ccc(NC(=O)Nc4cccc(C#N)c4)c(F)c3)c2cc1OC. The second kappa shape index (κ2) is 9.75. The number of halogens is 1. The molecule has 2 N–H and O–H groups in total. The summed E-state index contributed by atoms with van der Waals surface area (Å²) >= 11 is 0. The van der Waals surface area contributed by atoms with Crippen LogP contribution in [0, 0.1) is 17.1 Å². The lowest BCUT2D eigenvalue weighted by Crippen LogP contribution is -2.20. The van der Waals surface area contributed by atoms with Crippen LogP contribution < -0.4 is 24.8 Å². The predicted octanol–water partition coefficient (Wildman–Crippen LogP) is 5.70. The lowest BCUT2D eigenvalue weighted by Gasteiger charge is -2.13. The minimum Gasteiger partial charge on any atom is -0.493 e. The van der Waals surface area contributed by atoms with Crippen LogP contribution in [0.15, 0.2) is 66.9 Å². The summed E-state index contributed by atoms with van der Waals surface area (Å²) in [6.45, 7) is 0. The highest BCUT2D eigenvalue weighted by Crippen LogP contribution is 2.37. The third kappa shape index (κ3) is 4.81. The molecule has 2 amide bonds. The standard InChI is InChI=1S/C25H19FN4O4/c1-32-23-12-18-21(13-24(23)33-2)28-9-8-22(18)34-17-6-7-20(19(26)11-17)30-25(31)29-16-5-3-4-15(10-16)14-27/h3-13H,1-2H3,(H2,29,30,31). The zero-order valence-corrected chi connectivity index (χ0v) is 18.3. The van der Waals surface area contributed by atoms with Gasteiger partial charge in [-0.3, -0.25) is 4.98 Å². The second-order valence-corrected chi connectivity index (χ2v) is 7.05.